The number of rotatable bonds is 2. The van der Waals surface area contributed by atoms with E-state index in [1.165, 1.54) is 44.7 Å². The Balaban J connectivity index is 1.69. The fraction of sp³-hybridized carbons (Fsp3) is 0.667. The largest absolute Gasteiger partial charge is 0.371 e. The maximum atomic E-state index is 4.11. The summed E-state index contributed by atoms with van der Waals surface area (Å²) in [6.45, 7) is 9.62. The fourth-order valence-corrected chi connectivity index (χ4v) is 3.45. The fourth-order valence-electron chi connectivity index (χ4n) is 3.45. The van der Waals surface area contributed by atoms with Crippen molar-refractivity contribution in [1.29, 1.82) is 0 Å². The van der Waals surface area contributed by atoms with Crippen molar-refractivity contribution >= 4 is 5.69 Å². The summed E-state index contributed by atoms with van der Waals surface area (Å²) in [6.07, 6.45) is 6.51. The van der Waals surface area contributed by atoms with Crippen LogP contribution in [0.3, 0.4) is 0 Å². The summed E-state index contributed by atoms with van der Waals surface area (Å²) < 4.78 is 0. The van der Waals surface area contributed by atoms with E-state index in [0.717, 1.165) is 0 Å². The predicted octanol–water partition coefficient (Wildman–Crippen LogP) is 2.39. The molecule has 1 unspecified atom stereocenters. The highest BCUT2D eigenvalue weighted by Crippen LogP contribution is 2.41. The van der Waals surface area contributed by atoms with Crippen molar-refractivity contribution in [3.8, 4) is 0 Å². The topological polar surface area (TPSA) is 19.4 Å². The summed E-state index contributed by atoms with van der Waals surface area (Å²) in [5.74, 6) is 0. The van der Waals surface area contributed by atoms with Crippen molar-refractivity contribution in [2.24, 2.45) is 5.41 Å². The SMILES string of the molecule is CC(C)N1CCC2(CCN(c3ccncc3)C2)C1. The van der Waals surface area contributed by atoms with Gasteiger partial charge in [0.2, 0.25) is 0 Å². The highest BCUT2D eigenvalue weighted by atomic mass is 15.2. The van der Waals surface area contributed by atoms with Gasteiger partial charge in [-0.1, -0.05) is 0 Å². The normalized spacial score (nSPS) is 28.7. The highest BCUT2D eigenvalue weighted by Gasteiger charge is 2.43. The molecule has 2 aliphatic heterocycles. The first-order chi connectivity index (χ1) is 8.69. The number of pyridine rings is 1. The van der Waals surface area contributed by atoms with Crippen molar-refractivity contribution in [3.05, 3.63) is 24.5 Å². The van der Waals surface area contributed by atoms with Crippen LogP contribution in [0.15, 0.2) is 24.5 Å². The maximum Gasteiger partial charge on any atom is 0.0397 e. The summed E-state index contributed by atoms with van der Waals surface area (Å²) >= 11 is 0. The molecule has 2 saturated heterocycles. The van der Waals surface area contributed by atoms with Crippen LogP contribution in [0, 0.1) is 5.41 Å². The molecule has 98 valence electrons. The third kappa shape index (κ3) is 2.12. The lowest BCUT2D eigenvalue weighted by Crippen LogP contribution is -2.33. The van der Waals surface area contributed by atoms with Gasteiger partial charge in [0, 0.05) is 49.2 Å². The van der Waals surface area contributed by atoms with Gasteiger partial charge >= 0.3 is 0 Å². The smallest absolute Gasteiger partial charge is 0.0397 e. The van der Waals surface area contributed by atoms with Gasteiger partial charge in [-0.25, -0.2) is 0 Å². The lowest BCUT2D eigenvalue weighted by Gasteiger charge is -2.27. The average Bonchev–Trinajstić information content (AvgIpc) is 2.99. The number of hydrogen-bond donors (Lipinski definition) is 0. The average molecular weight is 245 g/mol. The van der Waals surface area contributed by atoms with E-state index in [9.17, 15) is 0 Å². The zero-order chi connectivity index (χ0) is 12.6. The first-order valence-corrected chi connectivity index (χ1v) is 7.08. The van der Waals surface area contributed by atoms with E-state index >= 15 is 0 Å². The molecule has 0 amide bonds. The van der Waals surface area contributed by atoms with Crippen molar-refractivity contribution in [1.82, 2.24) is 9.88 Å². The third-order valence-electron chi connectivity index (χ3n) is 4.66. The zero-order valence-corrected chi connectivity index (χ0v) is 11.5. The molecule has 0 radical (unpaired) electrons. The molecule has 0 aliphatic carbocycles. The van der Waals surface area contributed by atoms with Gasteiger partial charge in [-0.15, -0.1) is 0 Å². The van der Waals surface area contributed by atoms with Gasteiger partial charge < -0.3 is 9.80 Å². The minimum Gasteiger partial charge on any atom is -0.371 e. The standard InChI is InChI=1S/C15H23N3/c1-13(2)17-9-5-15(11-17)6-10-18(12-15)14-3-7-16-8-4-14/h3-4,7-8,13H,5-6,9-12H2,1-2H3. The number of hydrogen-bond acceptors (Lipinski definition) is 3. The highest BCUT2D eigenvalue weighted by molar-refractivity contribution is 5.46. The second kappa shape index (κ2) is 4.54. The molecular formula is C15H23N3. The molecule has 0 bridgehead atoms. The summed E-state index contributed by atoms with van der Waals surface area (Å²) in [4.78, 5) is 9.27. The molecule has 1 atom stereocenters. The first kappa shape index (κ1) is 12.0. The van der Waals surface area contributed by atoms with Crippen LogP contribution in [0.5, 0.6) is 0 Å². The molecule has 0 saturated carbocycles. The Hall–Kier alpha value is -1.09. The summed E-state index contributed by atoms with van der Waals surface area (Å²) in [7, 11) is 0. The van der Waals surface area contributed by atoms with Gasteiger partial charge in [-0.2, -0.15) is 0 Å². The Kier molecular flexibility index (Phi) is 3.02. The van der Waals surface area contributed by atoms with Crippen LogP contribution in [0.4, 0.5) is 5.69 Å². The molecule has 3 heteroatoms. The van der Waals surface area contributed by atoms with E-state index < -0.39 is 0 Å². The van der Waals surface area contributed by atoms with E-state index in [-0.39, 0.29) is 0 Å². The molecule has 0 N–H and O–H groups in total. The molecule has 2 aliphatic rings. The first-order valence-electron chi connectivity index (χ1n) is 7.08. The maximum absolute atomic E-state index is 4.11. The summed E-state index contributed by atoms with van der Waals surface area (Å²) in [5.41, 5.74) is 1.89. The van der Waals surface area contributed by atoms with Crippen LogP contribution in [-0.4, -0.2) is 42.1 Å². The minimum absolute atomic E-state index is 0.549. The lowest BCUT2D eigenvalue weighted by atomic mass is 9.86. The van der Waals surface area contributed by atoms with Crippen LogP contribution in [0.2, 0.25) is 0 Å². The summed E-state index contributed by atoms with van der Waals surface area (Å²) in [6, 6.07) is 4.96. The number of aromatic nitrogens is 1. The molecule has 2 fully saturated rings. The van der Waals surface area contributed by atoms with E-state index in [4.69, 9.17) is 0 Å². The molecule has 3 nitrogen and oxygen atoms in total. The Morgan fingerprint density at radius 3 is 2.50 bits per heavy atom. The van der Waals surface area contributed by atoms with Crippen LogP contribution in [0.25, 0.3) is 0 Å². The molecular weight excluding hydrogens is 222 g/mol. The number of likely N-dealkylation sites (tertiary alicyclic amines) is 1. The minimum atomic E-state index is 0.549. The van der Waals surface area contributed by atoms with Gasteiger partial charge in [0.15, 0.2) is 0 Å². The Labute approximate surface area is 110 Å². The molecule has 18 heavy (non-hydrogen) atoms. The second-order valence-electron chi connectivity index (χ2n) is 6.19. The van der Waals surface area contributed by atoms with Crippen LogP contribution in [0.1, 0.15) is 26.7 Å². The number of nitrogens with zero attached hydrogens (tertiary/aromatic N) is 3. The van der Waals surface area contributed by atoms with Crippen LogP contribution in [-0.2, 0) is 0 Å². The van der Waals surface area contributed by atoms with Gasteiger partial charge in [0.25, 0.3) is 0 Å². The predicted molar refractivity (Wildman–Crippen MR) is 74.8 cm³/mol. The monoisotopic (exact) mass is 245 g/mol. The van der Waals surface area contributed by atoms with Crippen molar-refractivity contribution in [2.75, 3.05) is 31.1 Å². The lowest BCUT2D eigenvalue weighted by molar-refractivity contribution is 0.234. The molecule has 1 aromatic rings. The zero-order valence-electron chi connectivity index (χ0n) is 11.5. The molecule has 1 aromatic heterocycles. The van der Waals surface area contributed by atoms with E-state index in [2.05, 4.69) is 40.8 Å². The van der Waals surface area contributed by atoms with Gasteiger partial charge in [-0.3, -0.25) is 4.98 Å². The van der Waals surface area contributed by atoms with Gasteiger partial charge in [0.1, 0.15) is 0 Å². The summed E-state index contributed by atoms with van der Waals surface area (Å²) in [5, 5.41) is 0. The number of anilines is 1. The van der Waals surface area contributed by atoms with E-state index in [1.807, 2.05) is 12.4 Å². The Bertz CT molecular complexity index is 403. The van der Waals surface area contributed by atoms with Gasteiger partial charge in [-0.05, 0) is 45.4 Å². The van der Waals surface area contributed by atoms with Crippen LogP contribution >= 0.6 is 0 Å². The van der Waals surface area contributed by atoms with Gasteiger partial charge in [0.05, 0.1) is 0 Å². The second-order valence-corrected chi connectivity index (χ2v) is 6.19. The Morgan fingerprint density at radius 1 is 1.11 bits per heavy atom. The van der Waals surface area contributed by atoms with Crippen LogP contribution < -0.4 is 4.90 Å². The molecule has 0 aromatic carbocycles. The van der Waals surface area contributed by atoms with E-state index in [0.29, 0.717) is 11.5 Å². The van der Waals surface area contributed by atoms with Crippen molar-refractivity contribution in [2.45, 2.75) is 32.7 Å². The van der Waals surface area contributed by atoms with Crippen molar-refractivity contribution in [3.63, 3.8) is 0 Å². The molecule has 1 spiro atoms. The van der Waals surface area contributed by atoms with Crippen molar-refractivity contribution < 1.29 is 0 Å². The molecule has 3 rings (SSSR count). The quantitative estimate of drug-likeness (QED) is 0.797. The van der Waals surface area contributed by atoms with E-state index in [1.54, 1.807) is 0 Å². The molecule has 3 heterocycles. The third-order valence-corrected chi connectivity index (χ3v) is 4.66. The Morgan fingerprint density at radius 2 is 1.83 bits per heavy atom.